The molecule has 2 aromatic carbocycles. The van der Waals surface area contributed by atoms with Crippen LogP contribution in [0, 0.1) is 0 Å². The zero-order valence-corrected chi connectivity index (χ0v) is 17.3. The van der Waals surface area contributed by atoms with Crippen LogP contribution in [0.15, 0.2) is 70.7 Å². The third-order valence-corrected chi connectivity index (χ3v) is 6.14. The van der Waals surface area contributed by atoms with Crippen molar-refractivity contribution in [2.45, 2.75) is 9.79 Å². The molecule has 0 bridgehead atoms. The number of fused-ring (bicyclic) bond motifs is 1. The first kappa shape index (κ1) is 19.2. The van der Waals surface area contributed by atoms with Gasteiger partial charge in [0.1, 0.15) is 4.90 Å². The number of aromatic nitrogens is 4. The fourth-order valence-corrected chi connectivity index (χ4v) is 4.17. The number of anilines is 3. The van der Waals surface area contributed by atoms with E-state index in [0.717, 1.165) is 10.6 Å². The Balaban J connectivity index is 1.77. The predicted molar refractivity (Wildman–Crippen MR) is 115 cm³/mol. The normalized spacial score (nSPS) is 11.5. The highest BCUT2D eigenvalue weighted by Crippen LogP contribution is 2.28. The molecule has 2 aromatic heterocycles. The summed E-state index contributed by atoms with van der Waals surface area (Å²) in [6.07, 6.45) is 4.69. The second-order valence-corrected chi connectivity index (χ2v) is 8.78. The van der Waals surface area contributed by atoms with Gasteiger partial charge in [-0.1, -0.05) is 18.2 Å². The number of rotatable bonds is 6. The number of aryl methyl sites for hydroxylation is 1. The molecule has 0 radical (unpaired) electrons. The maximum atomic E-state index is 12.8. The van der Waals surface area contributed by atoms with Gasteiger partial charge in [-0.15, -0.1) is 11.8 Å². The van der Waals surface area contributed by atoms with Crippen LogP contribution < -0.4 is 10.0 Å². The monoisotopic (exact) mass is 426 g/mol. The van der Waals surface area contributed by atoms with Gasteiger partial charge < -0.3 is 5.32 Å². The molecular weight excluding hydrogens is 408 g/mol. The average molecular weight is 427 g/mol. The molecular formula is C19H18N6O2S2. The maximum absolute atomic E-state index is 12.8. The summed E-state index contributed by atoms with van der Waals surface area (Å²) in [5.74, 6) is 0.427. The second-order valence-electron chi connectivity index (χ2n) is 6.22. The summed E-state index contributed by atoms with van der Waals surface area (Å²) in [6, 6.07) is 15.0. The number of thioether (sulfide) groups is 1. The number of nitrogens with zero attached hydrogens (tertiary/aromatic N) is 4. The minimum absolute atomic E-state index is 0.0466. The Morgan fingerprint density at radius 2 is 1.72 bits per heavy atom. The van der Waals surface area contributed by atoms with Crippen molar-refractivity contribution in [1.29, 1.82) is 0 Å². The largest absolute Gasteiger partial charge is 0.337 e. The van der Waals surface area contributed by atoms with E-state index in [1.807, 2.05) is 48.7 Å². The van der Waals surface area contributed by atoms with Crippen molar-refractivity contribution in [2.24, 2.45) is 7.05 Å². The maximum Gasteiger partial charge on any atom is 0.266 e. The van der Waals surface area contributed by atoms with Crippen LogP contribution >= 0.6 is 11.8 Å². The summed E-state index contributed by atoms with van der Waals surface area (Å²) in [5, 5.41) is 7.11. The molecule has 0 fully saturated rings. The summed E-state index contributed by atoms with van der Waals surface area (Å²) in [6.45, 7) is 0. The van der Waals surface area contributed by atoms with Gasteiger partial charge in [0.15, 0.2) is 11.6 Å². The molecule has 10 heteroatoms. The van der Waals surface area contributed by atoms with E-state index in [1.54, 1.807) is 24.9 Å². The van der Waals surface area contributed by atoms with Crippen LogP contribution in [0.5, 0.6) is 0 Å². The molecule has 8 nitrogen and oxygen atoms in total. The number of sulfonamides is 1. The van der Waals surface area contributed by atoms with Crippen molar-refractivity contribution >= 4 is 50.1 Å². The molecule has 2 heterocycles. The topological polar surface area (TPSA) is 102 Å². The van der Waals surface area contributed by atoms with Crippen LogP contribution in [0.1, 0.15) is 0 Å². The van der Waals surface area contributed by atoms with Crippen molar-refractivity contribution in [3.05, 3.63) is 60.9 Å². The van der Waals surface area contributed by atoms with Crippen molar-refractivity contribution in [2.75, 3.05) is 16.3 Å². The fourth-order valence-electron chi connectivity index (χ4n) is 2.72. The molecule has 29 heavy (non-hydrogen) atoms. The van der Waals surface area contributed by atoms with Gasteiger partial charge in [0.25, 0.3) is 10.0 Å². The number of hydrogen-bond acceptors (Lipinski definition) is 7. The minimum Gasteiger partial charge on any atom is -0.337 e. The zero-order valence-electron chi connectivity index (χ0n) is 15.7. The standard InChI is InChI=1S/C19H18N6O2S2/c1-25-12-15(11-20-25)29(26,27)24-19-18(21-13-6-5-7-14(10-13)28-2)22-16-8-3-4-9-17(16)23-19/h3-12H,1-2H3,(H,21,22)(H,23,24). The Bertz CT molecular complexity index is 1290. The van der Waals surface area contributed by atoms with E-state index in [1.165, 1.54) is 17.1 Å². The fraction of sp³-hybridized carbons (Fsp3) is 0.105. The average Bonchev–Trinajstić information content (AvgIpc) is 3.16. The molecule has 0 aliphatic rings. The second kappa shape index (κ2) is 7.72. The number of hydrogen-bond donors (Lipinski definition) is 2. The van der Waals surface area contributed by atoms with Gasteiger partial charge in [-0.2, -0.15) is 5.10 Å². The molecule has 0 saturated heterocycles. The van der Waals surface area contributed by atoms with Crippen LogP contribution in [0.3, 0.4) is 0 Å². The SMILES string of the molecule is CSc1cccc(Nc2nc3ccccc3nc2NS(=O)(=O)c2cnn(C)c2)c1. The summed E-state index contributed by atoms with van der Waals surface area (Å²) >= 11 is 1.61. The Morgan fingerprint density at radius 3 is 2.38 bits per heavy atom. The van der Waals surface area contributed by atoms with Crippen LogP contribution in [0.4, 0.5) is 17.3 Å². The molecule has 0 unspecified atom stereocenters. The molecule has 0 amide bonds. The first-order chi connectivity index (χ1) is 13.9. The van der Waals surface area contributed by atoms with E-state index in [-0.39, 0.29) is 10.7 Å². The van der Waals surface area contributed by atoms with E-state index in [0.29, 0.717) is 16.9 Å². The Hall–Kier alpha value is -3.11. The molecule has 2 N–H and O–H groups in total. The van der Waals surface area contributed by atoms with Gasteiger partial charge in [0.2, 0.25) is 0 Å². The zero-order chi connectivity index (χ0) is 20.4. The van der Waals surface area contributed by atoms with E-state index < -0.39 is 10.0 Å². The highest BCUT2D eigenvalue weighted by Gasteiger charge is 2.20. The molecule has 4 aromatic rings. The number of nitrogens with one attached hydrogen (secondary N) is 2. The van der Waals surface area contributed by atoms with Gasteiger partial charge in [-0.3, -0.25) is 9.40 Å². The van der Waals surface area contributed by atoms with Crippen molar-refractivity contribution in [1.82, 2.24) is 19.7 Å². The van der Waals surface area contributed by atoms with E-state index in [9.17, 15) is 8.42 Å². The van der Waals surface area contributed by atoms with Gasteiger partial charge in [0, 0.05) is 23.8 Å². The minimum atomic E-state index is -3.87. The quantitative estimate of drug-likeness (QED) is 0.454. The predicted octanol–water partition coefficient (Wildman–Crippen LogP) is 3.63. The molecule has 0 aliphatic carbocycles. The Labute approximate surface area is 172 Å². The lowest BCUT2D eigenvalue weighted by Crippen LogP contribution is -2.15. The Kier molecular flexibility index (Phi) is 5.12. The lowest BCUT2D eigenvalue weighted by Gasteiger charge is -2.13. The molecule has 0 spiro atoms. The van der Waals surface area contributed by atoms with Gasteiger partial charge in [0.05, 0.1) is 17.2 Å². The van der Waals surface area contributed by atoms with Gasteiger partial charge in [-0.05, 0) is 36.6 Å². The van der Waals surface area contributed by atoms with Crippen LogP contribution in [-0.4, -0.2) is 34.4 Å². The highest BCUT2D eigenvalue weighted by atomic mass is 32.2. The summed E-state index contributed by atoms with van der Waals surface area (Å²) in [7, 11) is -2.22. The third kappa shape index (κ3) is 4.17. The molecule has 0 saturated carbocycles. The summed E-state index contributed by atoms with van der Waals surface area (Å²) in [5.41, 5.74) is 2.02. The highest BCUT2D eigenvalue weighted by molar-refractivity contribution is 7.98. The van der Waals surface area contributed by atoms with Crippen LogP contribution in [0.25, 0.3) is 11.0 Å². The smallest absolute Gasteiger partial charge is 0.266 e. The van der Waals surface area contributed by atoms with Crippen molar-refractivity contribution < 1.29 is 8.42 Å². The van der Waals surface area contributed by atoms with Crippen molar-refractivity contribution in [3.63, 3.8) is 0 Å². The molecule has 0 atom stereocenters. The molecule has 4 rings (SSSR count). The first-order valence-corrected chi connectivity index (χ1v) is 11.3. The molecule has 148 valence electrons. The van der Waals surface area contributed by atoms with Gasteiger partial charge in [-0.25, -0.2) is 18.4 Å². The first-order valence-electron chi connectivity index (χ1n) is 8.64. The number of benzene rings is 2. The lowest BCUT2D eigenvalue weighted by molar-refractivity contribution is 0.601. The van der Waals surface area contributed by atoms with E-state index in [4.69, 9.17) is 0 Å². The van der Waals surface area contributed by atoms with Crippen LogP contribution in [-0.2, 0) is 17.1 Å². The van der Waals surface area contributed by atoms with Gasteiger partial charge >= 0.3 is 0 Å². The van der Waals surface area contributed by atoms with E-state index >= 15 is 0 Å². The summed E-state index contributed by atoms with van der Waals surface area (Å²) < 4.78 is 29.5. The lowest BCUT2D eigenvalue weighted by atomic mass is 10.3. The third-order valence-electron chi connectivity index (χ3n) is 4.13. The van der Waals surface area contributed by atoms with Crippen molar-refractivity contribution in [3.8, 4) is 0 Å². The van der Waals surface area contributed by atoms with E-state index in [2.05, 4.69) is 25.1 Å². The van der Waals surface area contributed by atoms with Crippen LogP contribution in [0.2, 0.25) is 0 Å². The molecule has 0 aliphatic heterocycles. The summed E-state index contributed by atoms with van der Waals surface area (Å²) in [4.78, 5) is 10.2. The Morgan fingerprint density at radius 1 is 1.00 bits per heavy atom. The number of para-hydroxylation sites is 2.